The monoisotopic (exact) mass is 248 g/mol. The standard InChI is InChI=1S/C15H24N2O/c1-5-16(4)8-9-17-7-6-12-13(17)10-15(2,3)11-14(12)18/h6-7H,5,8-11H2,1-4H3. The maximum absolute atomic E-state index is 12.1. The first-order valence-electron chi connectivity index (χ1n) is 6.83. The van der Waals surface area contributed by atoms with Crippen molar-refractivity contribution in [2.24, 2.45) is 5.41 Å². The number of aromatic nitrogens is 1. The molecule has 1 aliphatic rings. The van der Waals surface area contributed by atoms with Gasteiger partial charge in [-0.1, -0.05) is 20.8 Å². The molecule has 1 heterocycles. The minimum absolute atomic E-state index is 0.108. The van der Waals surface area contributed by atoms with Crippen LogP contribution in [-0.4, -0.2) is 35.4 Å². The SMILES string of the molecule is CCN(C)CCn1ccc2c1CC(C)(C)CC2=O. The molecule has 0 saturated carbocycles. The van der Waals surface area contributed by atoms with Crippen molar-refractivity contribution in [3.05, 3.63) is 23.5 Å². The van der Waals surface area contributed by atoms with Gasteiger partial charge in [-0.3, -0.25) is 4.79 Å². The number of ketones is 1. The molecule has 1 aromatic rings. The Hall–Kier alpha value is -1.09. The maximum Gasteiger partial charge on any atom is 0.165 e. The van der Waals surface area contributed by atoms with Crippen molar-refractivity contribution in [2.75, 3.05) is 20.1 Å². The second kappa shape index (κ2) is 4.88. The molecule has 0 spiro atoms. The molecule has 0 atom stereocenters. The minimum atomic E-state index is 0.108. The van der Waals surface area contributed by atoms with E-state index < -0.39 is 0 Å². The van der Waals surface area contributed by atoms with Crippen LogP contribution < -0.4 is 0 Å². The zero-order valence-corrected chi connectivity index (χ0v) is 12.0. The summed E-state index contributed by atoms with van der Waals surface area (Å²) in [5.41, 5.74) is 2.30. The molecule has 100 valence electrons. The van der Waals surface area contributed by atoms with E-state index in [-0.39, 0.29) is 5.41 Å². The Morgan fingerprint density at radius 1 is 1.39 bits per heavy atom. The Balaban J connectivity index is 2.18. The van der Waals surface area contributed by atoms with Crippen LogP contribution in [0.25, 0.3) is 0 Å². The number of rotatable bonds is 4. The number of Topliss-reactive ketones (excluding diaryl/α,β-unsaturated/α-hetero) is 1. The molecule has 0 N–H and O–H groups in total. The summed E-state index contributed by atoms with van der Waals surface area (Å²) in [5, 5.41) is 0. The zero-order valence-electron chi connectivity index (χ0n) is 12.0. The van der Waals surface area contributed by atoms with Crippen LogP contribution in [0, 0.1) is 5.41 Å². The molecule has 3 heteroatoms. The average Bonchev–Trinajstić information content (AvgIpc) is 2.67. The molecule has 0 radical (unpaired) electrons. The lowest BCUT2D eigenvalue weighted by Crippen LogP contribution is -2.29. The lowest BCUT2D eigenvalue weighted by Gasteiger charge is -2.30. The molecule has 1 aromatic heterocycles. The fourth-order valence-electron chi connectivity index (χ4n) is 2.65. The van der Waals surface area contributed by atoms with E-state index >= 15 is 0 Å². The van der Waals surface area contributed by atoms with Crippen LogP contribution in [-0.2, 0) is 13.0 Å². The second-order valence-corrected chi connectivity index (χ2v) is 6.21. The summed E-state index contributed by atoms with van der Waals surface area (Å²) in [6, 6.07) is 2.00. The Bertz CT molecular complexity index is 445. The molecule has 0 saturated heterocycles. The topological polar surface area (TPSA) is 25.2 Å². The molecule has 0 amide bonds. The normalized spacial score (nSPS) is 18.2. The number of carbonyl (C=O) groups excluding carboxylic acids is 1. The van der Waals surface area contributed by atoms with E-state index in [0.717, 1.165) is 31.6 Å². The average molecular weight is 248 g/mol. The second-order valence-electron chi connectivity index (χ2n) is 6.21. The highest BCUT2D eigenvalue weighted by Crippen LogP contribution is 2.35. The van der Waals surface area contributed by atoms with E-state index in [2.05, 4.69) is 43.5 Å². The summed E-state index contributed by atoms with van der Waals surface area (Å²) in [7, 11) is 2.13. The Labute approximate surface area is 110 Å². The third-order valence-corrected chi connectivity index (χ3v) is 3.93. The number of hydrogen-bond donors (Lipinski definition) is 0. The molecule has 0 unspecified atom stereocenters. The first-order chi connectivity index (χ1) is 8.43. The number of carbonyl (C=O) groups is 1. The van der Waals surface area contributed by atoms with Crippen LogP contribution in [0.4, 0.5) is 0 Å². The number of fused-ring (bicyclic) bond motifs is 1. The molecule has 0 aliphatic heterocycles. The van der Waals surface area contributed by atoms with Crippen molar-refractivity contribution >= 4 is 5.78 Å². The largest absolute Gasteiger partial charge is 0.349 e. The quantitative estimate of drug-likeness (QED) is 0.818. The van der Waals surface area contributed by atoms with Crippen molar-refractivity contribution < 1.29 is 4.79 Å². The smallest absolute Gasteiger partial charge is 0.165 e. The summed E-state index contributed by atoms with van der Waals surface area (Å²) >= 11 is 0. The summed E-state index contributed by atoms with van der Waals surface area (Å²) in [6.07, 6.45) is 3.77. The number of hydrogen-bond acceptors (Lipinski definition) is 2. The van der Waals surface area contributed by atoms with Crippen LogP contribution in [0.2, 0.25) is 0 Å². The van der Waals surface area contributed by atoms with Gasteiger partial charge in [-0.05, 0) is 31.5 Å². The van der Waals surface area contributed by atoms with Crippen molar-refractivity contribution in [3.63, 3.8) is 0 Å². The highest BCUT2D eigenvalue weighted by atomic mass is 16.1. The Morgan fingerprint density at radius 3 is 2.78 bits per heavy atom. The van der Waals surface area contributed by atoms with Gasteiger partial charge in [0.15, 0.2) is 5.78 Å². The van der Waals surface area contributed by atoms with E-state index in [1.807, 2.05) is 6.07 Å². The predicted octanol–water partition coefficient (Wildman–Crippen LogP) is 2.59. The third-order valence-electron chi connectivity index (χ3n) is 3.93. The highest BCUT2D eigenvalue weighted by molar-refractivity contribution is 5.98. The summed E-state index contributed by atoms with van der Waals surface area (Å²) in [6.45, 7) is 9.60. The first kappa shape index (κ1) is 13.3. The van der Waals surface area contributed by atoms with Crippen LogP contribution in [0.1, 0.15) is 43.2 Å². The lowest BCUT2D eigenvalue weighted by atomic mass is 9.76. The van der Waals surface area contributed by atoms with Crippen molar-refractivity contribution in [2.45, 2.75) is 40.2 Å². The van der Waals surface area contributed by atoms with Gasteiger partial charge in [0.05, 0.1) is 0 Å². The summed E-state index contributed by atoms with van der Waals surface area (Å²) < 4.78 is 2.26. The molecule has 0 bridgehead atoms. The Morgan fingerprint density at radius 2 is 2.11 bits per heavy atom. The van der Waals surface area contributed by atoms with Gasteiger partial charge in [0.2, 0.25) is 0 Å². The fraction of sp³-hybridized carbons (Fsp3) is 0.667. The van der Waals surface area contributed by atoms with E-state index in [9.17, 15) is 4.79 Å². The van der Waals surface area contributed by atoms with Crippen LogP contribution >= 0.6 is 0 Å². The van der Waals surface area contributed by atoms with Gasteiger partial charge < -0.3 is 9.47 Å². The molecular formula is C15H24N2O. The molecule has 2 rings (SSSR count). The minimum Gasteiger partial charge on any atom is -0.349 e. The fourth-order valence-corrected chi connectivity index (χ4v) is 2.65. The van der Waals surface area contributed by atoms with Gasteiger partial charge in [-0.25, -0.2) is 0 Å². The first-order valence-corrected chi connectivity index (χ1v) is 6.83. The molecule has 0 fully saturated rings. The van der Waals surface area contributed by atoms with Gasteiger partial charge in [-0.15, -0.1) is 0 Å². The lowest BCUT2D eigenvalue weighted by molar-refractivity contribution is 0.0909. The van der Waals surface area contributed by atoms with E-state index in [4.69, 9.17) is 0 Å². The van der Waals surface area contributed by atoms with Crippen LogP contribution in [0.15, 0.2) is 12.3 Å². The van der Waals surface area contributed by atoms with E-state index in [1.54, 1.807) is 0 Å². The maximum atomic E-state index is 12.1. The van der Waals surface area contributed by atoms with Crippen molar-refractivity contribution in [1.29, 1.82) is 0 Å². The molecule has 3 nitrogen and oxygen atoms in total. The van der Waals surface area contributed by atoms with Crippen LogP contribution in [0.3, 0.4) is 0 Å². The van der Waals surface area contributed by atoms with Crippen molar-refractivity contribution in [1.82, 2.24) is 9.47 Å². The highest BCUT2D eigenvalue weighted by Gasteiger charge is 2.32. The molecule has 0 aromatic carbocycles. The van der Waals surface area contributed by atoms with Crippen molar-refractivity contribution in [3.8, 4) is 0 Å². The predicted molar refractivity (Wildman–Crippen MR) is 74.0 cm³/mol. The van der Waals surface area contributed by atoms with Gasteiger partial charge in [-0.2, -0.15) is 0 Å². The van der Waals surface area contributed by atoms with Crippen LogP contribution in [0.5, 0.6) is 0 Å². The molecule has 1 aliphatic carbocycles. The number of nitrogens with zero attached hydrogens (tertiary/aromatic N) is 2. The summed E-state index contributed by atoms with van der Waals surface area (Å²) in [4.78, 5) is 14.4. The van der Waals surface area contributed by atoms with Gasteiger partial charge in [0, 0.05) is 37.0 Å². The van der Waals surface area contributed by atoms with Gasteiger partial charge >= 0.3 is 0 Å². The molecule has 18 heavy (non-hydrogen) atoms. The van der Waals surface area contributed by atoms with E-state index in [0.29, 0.717) is 12.2 Å². The summed E-state index contributed by atoms with van der Waals surface area (Å²) in [5.74, 6) is 0.309. The van der Waals surface area contributed by atoms with E-state index in [1.165, 1.54) is 5.69 Å². The van der Waals surface area contributed by atoms with Gasteiger partial charge in [0.1, 0.15) is 0 Å². The Kier molecular flexibility index (Phi) is 3.62. The molecular weight excluding hydrogens is 224 g/mol. The van der Waals surface area contributed by atoms with Gasteiger partial charge in [0.25, 0.3) is 0 Å². The third kappa shape index (κ3) is 2.66. The zero-order chi connectivity index (χ0) is 13.3. The number of likely N-dealkylation sites (N-methyl/N-ethyl adjacent to an activating group) is 1.